The van der Waals surface area contributed by atoms with E-state index in [1.807, 2.05) is 13.0 Å². The largest absolute Gasteiger partial charge is 0.464 e. The quantitative estimate of drug-likeness (QED) is 0.436. The molecular formula is C22H20F2N6O3. The van der Waals surface area contributed by atoms with Gasteiger partial charge in [0, 0.05) is 25.8 Å². The fraction of sp³-hybridized carbons (Fsp3) is 0.227. The van der Waals surface area contributed by atoms with E-state index in [-0.39, 0.29) is 30.2 Å². The minimum atomic E-state index is -0.961. The first-order chi connectivity index (χ1) is 16.0. The minimum absolute atomic E-state index is 0.00942. The Balaban J connectivity index is 1.62. The lowest BCUT2D eigenvalue weighted by Crippen LogP contribution is -2.34. The number of nitrogens with zero attached hydrogens (tertiary/aromatic N) is 5. The van der Waals surface area contributed by atoms with Crippen LogP contribution in [-0.2, 0) is 9.53 Å². The van der Waals surface area contributed by atoms with Crippen LogP contribution in [-0.4, -0.2) is 50.5 Å². The molecule has 0 fully saturated rings. The molecule has 0 aliphatic heterocycles. The van der Waals surface area contributed by atoms with E-state index in [4.69, 9.17) is 9.47 Å². The highest BCUT2D eigenvalue weighted by Gasteiger charge is 2.24. The average Bonchev–Trinajstić information content (AvgIpc) is 3.23. The third-order valence-corrected chi connectivity index (χ3v) is 4.76. The van der Waals surface area contributed by atoms with Gasteiger partial charge >= 0.3 is 0 Å². The Hall–Kier alpha value is -3.99. The second-order valence-electron chi connectivity index (χ2n) is 7.17. The van der Waals surface area contributed by atoms with Crippen LogP contribution in [0.1, 0.15) is 12.0 Å². The molecule has 1 N–H and O–H groups in total. The molecule has 0 saturated heterocycles. The SMILES string of the molecule is COCCC(Oc1ncnc2c1cnn2-c1ccc(F)cc1F)C(=O)Nc1ccc(C)cn1. The summed E-state index contributed by atoms with van der Waals surface area (Å²) < 4.78 is 39.8. The lowest BCUT2D eigenvalue weighted by molar-refractivity contribution is -0.123. The Morgan fingerprint density at radius 3 is 2.73 bits per heavy atom. The van der Waals surface area contributed by atoms with Crippen LogP contribution in [0.5, 0.6) is 5.88 Å². The van der Waals surface area contributed by atoms with Crippen LogP contribution in [0.4, 0.5) is 14.6 Å². The van der Waals surface area contributed by atoms with Gasteiger partial charge in [0.1, 0.15) is 29.0 Å². The van der Waals surface area contributed by atoms with Crippen LogP contribution in [0.3, 0.4) is 0 Å². The number of nitrogens with one attached hydrogen (secondary N) is 1. The maximum atomic E-state index is 14.3. The van der Waals surface area contributed by atoms with Crippen molar-refractivity contribution in [2.45, 2.75) is 19.4 Å². The number of anilines is 1. The van der Waals surface area contributed by atoms with E-state index in [1.165, 1.54) is 30.4 Å². The van der Waals surface area contributed by atoms with Gasteiger partial charge in [-0.25, -0.2) is 28.4 Å². The van der Waals surface area contributed by atoms with Gasteiger partial charge in [0.15, 0.2) is 17.6 Å². The fourth-order valence-corrected chi connectivity index (χ4v) is 3.10. The minimum Gasteiger partial charge on any atom is -0.464 e. The van der Waals surface area contributed by atoms with Gasteiger partial charge in [0.2, 0.25) is 5.88 Å². The van der Waals surface area contributed by atoms with Gasteiger partial charge in [-0.2, -0.15) is 5.10 Å². The van der Waals surface area contributed by atoms with E-state index in [2.05, 4.69) is 25.4 Å². The summed E-state index contributed by atoms with van der Waals surface area (Å²) >= 11 is 0. The Morgan fingerprint density at radius 2 is 2.00 bits per heavy atom. The van der Waals surface area contributed by atoms with Crippen molar-refractivity contribution >= 4 is 22.8 Å². The monoisotopic (exact) mass is 454 g/mol. The number of carbonyl (C=O) groups is 1. The Bertz CT molecular complexity index is 1280. The lowest BCUT2D eigenvalue weighted by atomic mass is 10.2. The normalized spacial score (nSPS) is 12.0. The van der Waals surface area contributed by atoms with Crippen LogP contribution in [0.15, 0.2) is 49.1 Å². The maximum absolute atomic E-state index is 14.3. The number of halogens is 2. The van der Waals surface area contributed by atoms with Crippen LogP contribution in [0.25, 0.3) is 16.7 Å². The summed E-state index contributed by atoms with van der Waals surface area (Å²) in [6.45, 7) is 2.15. The number of aryl methyl sites for hydroxylation is 1. The molecule has 1 aromatic carbocycles. The molecule has 33 heavy (non-hydrogen) atoms. The number of amides is 1. The van der Waals surface area contributed by atoms with Crippen molar-refractivity contribution in [3.63, 3.8) is 0 Å². The number of pyridine rings is 1. The Kier molecular flexibility index (Phi) is 6.50. The van der Waals surface area contributed by atoms with E-state index in [9.17, 15) is 13.6 Å². The average molecular weight is 454 g/mol. The number of methoxy groups -OCH3 is 1. The molecule has 170 valence electrons. The van der Waals surface area contributed by atoms with Crippen molar-refractivity contribution in [2.24, 2.45) is 0 Å². The zero-order valence-corrected chi connectivity index (χ0v) is 17.8. The molecule has 0 saturated carbocycles. The molecule has 0 aliphatic rings. The van der Waals surface area contributed by atoms with E-state index in [0.717, 1.165) is 17.7 Å². The molecule has 0 bridgehead atoms. The number of benzene rings is 1. The van der Waals surface area contributed by atoms with Crippen LogP contribution in [0.2, 0.25) is 0 Å². The zero-order valence-electron chi connectivity index (χ0n) is 17.8. The number of hydrogen-bond donors (Lipinski definition) is 1. The Labute approximate surface area is 187 Å². The summed E-state index contributed by atoms with van der Waals surface area (Å²) in [4.78, 5) is 25.3. The molecular weight excluding hydrogens is 434 g/mol. The summed E-state index contributed by atoms with van der Waals surface area (Å²) in [5.74, 6) is -1.48. The predicted molar refractivity (Wildman–Crippen MR) is 115 cm³/mol. The first-order valence-electron chi connectivity index (χ1n) is 9.99. The molecule has 4 rings (SSSR count). The van der Waals surface area contributed by atoms with Crippen molar-refractivity contribution < 1.29 is 23.0 Å². The number of fused-ring (bicyclic) bond motifs is 1. The van der Waals surface area contributed by atoms with Crippen molar-refractivity contribution in [1.29, 1.82) is 0 Å². The van der Waals surface area contributed by atoms with Gasteiger partial charge in [-0.3, -0.25) is 4.79 Å². The number of carbonyl (C=O) groups excluding carboxylic acids is 1. The van der Waals surface area contributed by atoms with E-state index in [1.54, 1.807) is 12.3 Å². The molecule has 0 spiro atoms. The number of aromatic nitrogens is 5. The molecule has 0 aliphatic carbocycles. The molecule has 3 aromatic heterocycles. The molecule has 3 heterocycles. The highest BCUT2D eigenvalue weighted by molar-refractivity contribution is 5.94. The summed E-state index contributed by atoms with van der Waals surface area (Å²) in [5, 5.41) is 7.21. The highest BCUT2D eigenvalue weighted by Crippen LogP contribution is 2.26. The highest BCUT2D eigenvalue weighted by atomic mass is 19.1. The smallest absolute Gasteiger partial charge is 0.266 e. The number of hydrogen-bond acceptors (Lipinski definition) is 7. The third-order valence-electron chi connectivity index (χ3n) is 4.76. The van der Waals surface area contributed by atoms with E-state index < -0.39 is 23.6 Å². The fourth-order valence-electron chi connectivity index (χ4n) is 3.10. The second-order valence-corrected chi connectivity index (χ2v) is 7.17. The number of rotatable bonds is 8. The summed E-state index contributed by atoms with van der Waals surface area (Å²) in [6, 6.07) is 6.64. The first-order valence-corrected chi connectivity index (χ1v) is 9.99. The summed E-state index contributed by atoms with van der Waals surface area (Å²) in [6.07, 6.45) is 3.51. The molecule has 1 atom stereocenters. The van der Waals surface area contributed by atoms with Crippen molar-refractivity contribution in [3.05, 3.63) is 66.3 Å². The molecule has 4 aromatic rings. The summed E-state index contributed by atoms with van der Waals surface area (Å²) in [5.41, 5.74) is 1.20. The van der Waals surface area contributed by atoms with Crippen LogP contribution < -0.4 is 10.1 Å². The maximum Gasteiger partial charge on any atom is 0.266 e. The van der Waals surface area contributed by atoms with E-state index in [0.29, 0.717) is 11.2 Å². The third kappa shape index (κ3) is 4.93. The molecule has 1 amide bonds. The topological polar surface area (TPSA) is 104 Å². The van der Waals surface area contributed by atoms with Gasteiger partial charge < -0.3 is 14.8 Å². The zero-order chi connectivity index (χ0) is 23.4. The van der Waals surface area contributed by atoms with Gasteiger partial charge in [-0.05, 0) is 30.7 Å². The van der Waals surface area contributed by atoms with Gasteiger partial charge in [-0.1, -0.05) is 6.07 Å². The number of ether oxygens (including phenoxy) is 2. The van der Waals surface area contributed by atoms with Crippen molar-refractivity contribution in [3.8, 4) is 11.6 Å². The van der Waals surface area contributed by atoms with Gasteiger partial charge in [0.25, 0.3) is 5.91 Å². The van der Waals surface area contributed by atoms with Gasteiger partial charge in [0.05, 0.1) is 12.8 Å². The van der Waals surface area contributed by atoms with Crippen LogP contribution >= 0.6 is 0 Å². The predicted octanol–water partition coefficient (Wildman–Crippen LogP) is 3.22. The summed E-state index contributed by atoms with van der Waals surface area (Å²) in [7, 11) is 1.51. The Morgan fingerprint density at radius 1 is 1.15 bits per heavy atom. The molecule has 9 nitrogen and oxygen atoms in total. The second kappa shape index (κ2) is 9.65. The molecule has 11 heteroatoms. The molecule has 1 unspecified atom stereocenters. The molecule has 0 radical (unpaired) electrons. The first kappa shape index (κ1) is 22.2. The van der Waals surface area contributed by atoms with Crippen molar-refractivity contribution in [1.82, 2.24) is 24.7 Å². The van der Waals surface area contributed by atoms with Crippen molar-refractivity contribution in [2.75, 3.05) is 19.0 Å². The standard InChI is InChI=1S/C22H20F2N6O3/c1-13-3-6-19(25-10-13)29-21(31)18(7-8-32-2)33-22-15-11-28-30(20(15)26-12-27-22)17-5-4-14(23)9-16(17)24/h3-6,9-12,18H,7-8H2,1-2H3,(H,25,29,31). The van der Waals surface area contributed by atoms with Gasteiger partial charge in [-0.15, -0.1) is 0 Å². The van der Waals surface area contributed by atoms with E-state index >= 15 is 0 Å². The lowest BCUT2D eigenvalue weighted by Gasteiger charge is -2.18. The van der Waals surface area contributed by atoms with Crippen LogP contribution in [0, 0.1) is 18.6 Å².